The second-order valence-electron chi connectivity index (χ2n) is 11.7. The first kappa shape index (κ1) is 21.9. The molecule has 4 heteroatoms. The molecule has 1 aromatic carbocycles. The summed E-state index contributed by atoms with van der Waals surface area (Å²) in [5, 5.41) is 0. The Kier molecular flexibility index (Phi) is 4.64. The summed E-state index contributed by atoms with van der Waals surface area (Å²) in [5.74, 6) is 2.19. The Morgan fingerprint density at radius 3 is 2.44 bits per heavy atom. The first-order valence-corrected chi connectivity index (χ1v) is 12.1. The molecule has 1 saturated carbocycles. The van der Waals surface area contributed by atoms with Crippen molar-refractivity contribution in [3.63, 3.8) is 0 Å². The Labute approximate surface area is 193 Å². The molecule has 5 rings (SSSR count). The fraction of sp³-hybridized carbons (Fsp3) is 0.643. The zero-order valence-electron chi connectivity index (χ0n) is 20.8. The lowest BCUT2D eigenvalue weighted by Crippen LogP contribution is -2.57. The molecule has 0 amide bonds. The molecule has 4 nitrogen and oxygen atoms in total. The summed E-state index contributed by atoms with van der Waals surface area (Å²) < 4.78 is 25.7. The minimum Gasteiger partial charge on any atom is -0.497 e. The van der Waals surface area contributed by atoms with Gasteiger partial charge in [-0.05, 0) is 88.8 Å². The Balaban J connectivity index is 1.46. The zero-order valence-corrected chi connectivity index (χ0v) is 20.8. The van der Waals surface area contributed by atoms with Crippen LogP contribution >= 0.6 is 0 Å². The van der Waals surface area contributed by atoms with Gasteiger partial charge in [-0.25, -0.2) is 0 Å². The third-order valence-electron chi connectivity index (χ3n) is 8.66. The molecular formula is C28H38O4. The van der Waals surface area contributed by atoms with E-state index in [4.69, 9.17) is 18.9 Å². The third-order valence-corrected chi connectivity index (χ3v) is 8.66. The van der Waals surface area contributed by atoms with Crippen molar-refractivity contribution in [2.45, 2.75) is 97.1 Å². The number of ether oxygens (including phenoxy) is 4. The maximum Gasteiger partial charge on any atom is 0.236 e. The second-order valence-corrected chi connectivity index (χ2v) is 11.7. The van der Waals surface area contributed by atoms with Crippen molar-refractivity contribution in [3.05, 3.63) is 47.2 Å². The van der Waals surface area contributed by atoms with Gasteiger partial charge in [-0.2, -0.15) is 0 Å². The van der Waals surface area contributed by atoms with E-state index in [0.29, 0.717) is 0 Å². The minimum absolute atomic E-state index is 0.0392. The van der Waals surface area contributed by atoms with E-state index >= 15 is 0 Å². The van der Waals surface area contributed by atoms with Crippen molar-refractivity contribution in [1.82, 2.24) is 0 Å². The summed E-state index contributed by atoms with van der Waals surface area (Å²) in [7, 11) is 1.72. The predicted molar refractivity (Wildman–Crippen MR) is 126 cm³/mol. The predicted octanol–water partition coefficient (Wildman–Crippen LogP) is 6.65. The van der Waals surface area contributed by atoms with Gasteiger partial charge < -0.3 is 18.9 Å². The number of benzene rings is 1. The van der Waals surface area contributed by atoms with Crippen LogP contribution < -0.4 is 9.47 Å². The highest BCUT2D eigenvalue weighted by Crippen LogP contribution is 2.66. The highest BCUT2D eigenvalue weighted by atomic mass is 16.7. The van der Waals surface area contributed by atoms with E-state index in [2.05, 4.69) is 71.9 Å². The summed E-state index contributed by atoms with van der Waals surface area (Å²) in [6.07, 6.45) is 12.9. The van der Waals surface area contributed by atoms with Crippen LogP contribution in [0.3, 0.4) is 0 Å². The number of allylic oxidation sites excluding steroid dienone is 1. The average Bonchev–Trinajstić information content (AvgIpc) is 3.19. The number of fused-ring (bicyclic) bond motifs is 3. The number of methoxy groups -OCH3 is 1. The van der Waals surface area contributed by atoms with Gasteiger partial charge in [-0.1, -0.05) is 26.3 Å². The van der Waals surface area contributed by atoms with E-state index in [-0.39, 0.29) is 22.0 Å². The maximum absolute atomic E-state index is 6.83. The molecule has 3 aliphatic heterocycles. The van der Waals surface area contributed by atoms with Gasteiger partial charge in [-0.3, -0.25) is 0 Å². The Morgan fingerprint density at radius 2 is 1.75 bits per heavy atom. The molecular weight excluding hydrogens is 400 g/mol. The van der Waals surface area contributed by atoms with Gasteiger partial charge in [0.1, 0.15) is 22.9 Å². The molecule has 0 aromatic heterocycles. The Morgan fingerprint density at radius 1 is 0.969 bits per heavy atom. The first-order valence-electron chi connectivity index (χ1n) is 12.1. The van der Waals surface area contributed by atoms with Gasteiger partial charge in [0.05, 0.1) is 12.7 Å². The lowest BCUT2D eigenvalue weighted by Gasteiger charge is -2.55. The fourth-order valence-corrected chi connectivity index (χ4v) is 6.52. The van der Waals surface area contributed by atoms with Crippen molar-refractivity contribution in [2.75, 3.05) is 7.11 Å². The van der Waals surface area contributed by atoms with E-state index in [1.54, 1.807) is 7.11 Å². The molecule has 0 saturated heterocycles. The standard InChI is InChI=1S/C28H38O4/c1-19-15-21(29-7)16-20-9-12-26(5,31-23(19)20)18-22-17-25(4)10-8-11-27(25,6)28(30-22)14-13-24(2,3)32-28/h13-17H,8-12,18H2,1-7H3. The number of aryl methyl sites for hydroxylation is 2. The van der Waals surface area contributed by atoms with Crippen LogP contribution in [0.4, 0.5) is 0 Å². The van der Waals surface area contributed by atoms with Gasteiger partial charge >= 0.3 is 0 Å². The van der Waals surface area contributed by atoms with Gasteiger partial charge in [-0.15, -0.1) is 0 Å². The molecule has 0 N–H and O–H groups in total. The molecule has 4 aliphatic rings. The summed E-state index contributed by atoms with van der Waals surface area (Å²) in [6, 6.07) is 4.16. The second kappa shape index (κ2) is 6.79. The molecule has 4 unspecified atom stereocenters. The third kappa shape index (κ3) is 3.13. The van der Waals surface area contributed by atoms with E-state index in [1.165, 1.54) is 12.0 Å². The van der Waals surface area contributed by atoms with Gasteiger partial charge in [0.15, 0.2) is 0 Å². The lowest BCUT2D eigenvalue weighted by atomic mass is 9.61. The SMILES string of the molecule is COc1cc(C)c2c(c1)CCC(C)(CC1=CC3(C)CCCC3(C)C3(C=CC(C)(C)O3)O1)O2. The van der Waals surface area contributed by atoms with E-state index in [9.17, 15) is 0 Å². The molecule has 32 heavy (non-hydrogen) atoms. The van der Waals surface area contributed by atoms with Crippen LogP contribution in [0.5, 0.6) is 11.5 Å². The fourth-order valence-electron chi connectivity index (χ4n) is 6.52. The molecule has 0 radical (unpaired) electrons. The van der Waals surface area contributed by atoms with E-state index in [0.717, 1.165) is 54.9 Å². The maximum atomic E-state index is 6.83. The summed E-state index contributed by atoms with van der Waals surface area (Å²) in [6.45, 7) is 13.3. The van der Waals surface area contributed by atoms with Crippen molar-refractivity contribution in [1.29, 1.82) is 0 Å². The summed E-state index contributed by atoms with van der Waals surface area (Å²) in [4.78, 5) is 0. The molecule has 174 valence electrons. The highest BCUT2D eigenvalue weighted by Gasteiger charge is 2.66. The van der Waals surface area contributed by atoms with Gasteiger partial charge in [0.25, 0.3) is 0 Å². The highest BCUT2D eigenvalue weighted by molar-refractivity contribution is 5.48. The van der Waals surface area contributed by atoms with Gasteiger partial charge in [0.2, 0.25) is 5.79 Å². The lowest BCUT2D eigenvalue weighted by molar-refractivity contribution is -0.293. The topological polar surface area (TPSA) is 36.9 Å². The quantitative estimate of drug-likeness (QED) is 0.495. The number of rotatable bonds is 3. The summed E-state index contributed by atoms with van der Waals surface area (Å²) >= 11 is 0. The smallest absolute Gasteiger partial charge is 0.236 e. The molecule has 1 aliphatic carbocycles. The van der Waals surface area contributed by atoms with Crippen LogP contribution in [-0.2, 0) is 15.9 Å². The van der Waals surface area contributed by atoms with Crippen molar-refractivity contribution >= 4 is 0 Å². The van der Waals surface area contributed by atoms with Crippen molar-refractivity contribution < 1.29 is 18.9 Å². The first-order chi connectivity index (χ1) is 14.9. The Hall–Kier alpha value is -1.94. The minimum atomic E-state index is -0.710. The van der Waals surface area contributed by atoms with Crippen molar-refractivity contribution in [2.24, 2.45) is 10.8 Å². The number of hydrogen-bond acceptors (Lipinski definition) is 4. The zero-order chi connectivity index (χ0) is 23.0. The van der Waals surface area contributed by atoms with Crippen molar-refractivity contribution in [3.8, 4) is 11.5 Å². The summed E-state index contributed by atoms with van der Waals surface area (Å²) in [5.41, 5.74) is 1.67. The van der Waals surface area contributed by atoms with Crippen LogP contribution in [0.15, 0.2) is 36.1 Å². The largest absolute Gasteiger partial charge is 0.497 e. The van der Waals surface area contributed by atoms with Crippen LogP contribution in [-0.4, -0.2) is 24.1 Å². The molecule has 1 fully saturated rings. The average molecular weight is 439 g/mol. The molecule has 4 atom stereocenters. The van der Waals surface area contributed by atoms with Crippen LogP contribution in [0.25, 0.3) is 0 Å². The van der Waals surface area contributed by atoms with Crippen LogP contribution in [0.1, 0.15) is 77.8 Å². The monoisotopic (exact) mass is 438 g/mol. The molecule has 3 heterocycles. The molecule has 1 spiro atoms. The van der Waals surface area contributed by atoms with E-state index in [1.807, 2.05) is 0 Å². The van der Waals surface area contributed by atoms with Crippen LogP contribution in [0.2, 0.25) is 0 Å². The number of hydrogen-bond donors (Lipinski definition) is 0. The normalized spacial score (nSPS) is 39.2. The van der Waals surface area contributed by atoms with E-state index < -0.39 is 5.79 Å². The van der Waals surface area contributed by atoms with Crippen LogP contribution in [0, 0.1) is 17.8 Å². The molecule has 1 aromatic rings. The Bertz CT molecular complexity index is 1010. The molecule has 0 bridgehead atoms. The van der Waals surface area contributed by atoms with Gasteiger partial charge in [0, 0.05) is 17.3 Å².